The van der Waals surface area contributed by atoms with Crippen molar-refractivity contribution in [2.24, 2.45) is 0 Å². The summed E-state index contributed by atoms with van der Waals surface area (Å²) in [5.41, 5.74) is 7.45. The van der Waals surface area contributed by atoms with Gasteiger partial charge in [0.25, 0.3) is 0 Å². The zero-order valence-corrected chi connectivity index (χ0v) is 12.5. The molecule has 112 valence electrons. The second-order valence-electron chi connectivity index (χ2n) is 4.99. The molecule has 2 N–H and O–H groups in total. The van der Waals surface area contributed by atoms with Gasteiger partial charge in [-0.05, 0) is 24.8 Å². The summed E-state index contributed by atoms with van der Waals surface area (Å²) in [4.78, 5) is 15.7. The Balaban J connectivity index is 1.99. The van der Waals surface area contributed by atoms with Crippen LogP contribution in [-0.2, 0) is 11.3 Å². The van der Waals surface area contributed by atoms with E-state index in [1.165, 1.54) is 5.56 Å². The van der Waals surface area contributed by atoms with Crippen LogP contribution >= 0.6 is 0 Å². The number of benzene rings is 1. The van der Waals surface area contributed by atoms with Gasteiger partial charge in [0.1, 0.15) is 5.82 Å². The van der Waals surface area contributed by atoms with Gasteiger partial charge in [0.2, 0.25) is 0 Å². The lowest BCUT2D eigenvalue weighted by atomic mass is 9.98. The Morgan fingerprint density at radius 2 is 2.10 bits per heavy atom. The van der Waals surface area contributed by atoms with Crippen molar-refractivity contribution < 1.29 is 9.53 Å². The highest BCUT2D eigenvalue weighted by atomic mass is 16.5. The molecule has 0 aliphatic heterocycles. The number of carbonyl (C=O) groups excluding carboxylic acids is 1. The lowest BCUT2D eigenvalue weighted by Crippen LogP contribution is -2.10. The predicted molar refractivity (Wildman–Crippen MR) is 82.1 cm³/mol. The molecule has 0 radical (unpaired) electrons. The van der Waals surface area contributed by atoms with Crippen LogP contribution in [-0.4, -0.2) is 22.1 Å². The lowest BCUT2D eigenvalue weighted by molar-refractivity contribution is 0.0521. The first-order valence-electron chi connectivity index (χ1n) is 7.16. The number of anilines is 1. The van der Waals surface area contributed by atoms with E-state index in [2.05, 4.69) is 24.0 Å². The summed E-state index contributed by atoms with van der Waals surface area (Å²) in [5, 5.41) is 0. The average Bonchev–Trinajstić information content (AvgIpc) is 2.87. The van der Waals surface area contributed by atoms with Crippen molar-refractivity contribution in [2.45, 2.75) is 32.7 Å². The Kier molecular flexibility index (Phi) is 4.98. The Labute approximate surface area is 124 Å². The van der Waals surface area contributed by atoms with E-state index in [4.69, 9.17) is 10.5 Å². The Hall–Kier alpha value is -2.30. The van der Waals surface area contributed by atoms with Crippen LogP contribution in [0.1, 0.15) is 42.2 Å². The van der Waals surface area contributed by atoms with Crippen molar-refractivity contribution in [1.29, 1.82) is 0 Å². The number of rotatable bonds is 6. The van der Waals surface area contributed by atoms with Crippen LogP contribution in [0.25, 0.3) is 0 Å². The van der Waals surface area contributed by atoms with Crippen molar-refractivity contribution in [2.75, 3.05) is 12.3 Å². The molecule has 0 aliphatic rings. The summed E-state index contributed by atoms with van der Waals surface area (Å²) in [6.45, 7) is 4.96. The molecule has 2 rings (SSSR count). The van der Waals surface area contributed by atoms with Crippen LogP contribution in [0.5, 0.6) is 0 Å². The van der Waals surface area contributed by atoms with Crippen LogP contribution in [0.2, 0.25) is 0 Å². The quantitative estimate of drug-likeness (QED) is 0.829. The smallest absolute Gasteiger partial charge is 0.360 e. The average molecular weight is 287 g/mol. The fourth-order valence-corrected chi connectivity index (χ4v) is 2.21. The number of nitrogens with zero attached hydrogens (tertiary/aromatic N) is 2. The summed E-state index contributed by atoms with van der Waals surface area (Å²) in [6.07, 6.45) is 2.52. The van der Waals surface area contributed by atoms with Gasteiger partial charge >= 0.3 is 5.97 Å². The highest BCUT2D eigenvalue weighted by Gasteiger charge is 2.17. The first kappa shape index (κ1) is 15.1. The van der Waals surface area contributed by atoms with Crippen LogP contribution in [0.15, 0.2) is 36.7 Å². The maximum atomic E-state index is 11.7. The van der Waals surface area contributed by atoms with Crippen LogP contribution in [0, 0.1) is 0 Å². The molecule has 5 heteroatoms. The topological polar surface area (TPSA) is 70.1 Å². The Morgan fingerprint density at radius 1 is 1.38 bits per heavy atom. The third kappa shape index (κ3) is 3.62. The molecule has 0 saturated heterocycles. The van der Waals surface area contributed by atoms with Gasteiger partial charge in [0, 0.05) is 6.54 Å². The first-order valence-corrected chi connectivity index (χ1v) is 7.16. The third-order valence-corrected chi connectivity index (χ3v) is 3.52. The van der Waals surface area contributed by atoms with E-state index in [0.29, 0.717) is 24.9 Å². The van der Waals surface area contributed by atoms with Gasteiger partial charge in [-0.2, -0.15) is 0 Å². The molecule has 21 heavy (non-hydrogen) atoms. The maximum Gasteiger partial charge on any atom is 0.360 e. The molecule has 2 aromatic rings. The van der Waals surface area contributed by atoms with Crippen molar-refractivity contribution in [3.8, 4) is 0 Å². The molecule has 1 atom stereocenters. The van der Waals surface area contributed by atoms with Crippen molar-refractivity contribution >= 4 is 11.8 Å². The number of imidazole rings is 1. The monoisotopic (exact) mass is 287 g/mol. The number of aryl methyl sites for hydroxylation is 1. The summed E-state index contributed by atoms with van der Waals surface area (Å²) in [5.74, 6) is 0.317. The minimum absolute atomic E-state index is 0.198. The molecule has 1 unspecified atom stereocenters. The van der Waals surface area contributed by atoms with E-state index in [9.17, 15) is 4.79 Å². The minimum Gasteiger partial charge on any atom is -0.461 e. The van der Waals surface area contributed by atoms with Gasteiger partial charge in [0.05, 0.1) is 12.9 Å². The highest BCUT2D eigenvalue weighted by Crippen LogP contribution is 2.21. The predicted octanol–water partition coefficient (Wildman–Crippen LogP) is 2.84. The molecule has 0 amide bonds. The van der Waals surface area contributed by atoms with Gasteiger partial charge in [-0.1, -0.05) is 37.3 Å². The van der Waals surface area contributed by atoms with Crippen molar-refractivity contribution in [1.82, 2.24) is 9.55 Å². The van der Waals surface area contributed by atoms with Crippen LogP contribution in [0.3, 0.4) is 0 Å². The molecule has 1 aromatic heterocycles. The van der Waals surface area contributed by atoms with Crippen LogP contribution < -0.4 is 5.73 Å². The summed E-state index contributed by atoms with van der Waals surface area (Å²) < 4.78 is 6.72. The molecule has 1 heterocycles. The second-order valence-corrected chi connectivity index (χ2v) is 4.99. The molecular weight excluding hydrogens is 266 g/mol. The number of hydrogen-bond donors (Lipinski definition) is 1. The van der Waals surface area contributed by atoms with E-state index in [1.807, 2.05) is 18.2 Å². The van der Waals surface area contributed by atoms with Gasteiger partial charge < -0.3 is 15.0 Å². The molecule has 0 spiro atoms. The van der Waals surface area contributed by atoms with E-state index < -0.39 is 5.97 Å². The number of ether oxygens (including phenoxy) is 1. The van der Waals surface area contributed by atoms with Gasteiger partial charge in [-0.3, -0.25) is 0 Å². The summed E-state index contributed by atoms with van der Waals surface area (Å²) in [6, 6.07) is 10.3. The fourth-order valence-electron chi connectivity index (χ4n) is 2.21. The summed E-state index contributed by atoms with van der Waals surface area (Å²) >= 11 is 0. The molecule has 0 bridgehead atoms. The Morgan fingerprint density at radius 3 is 2.76 bits per heavy atom. The second kappa shape index (κ2) is 6.92. The minimum atomic E-state index is -0.468. The maximum absolute atomic E-state index is 11.7. The van der Waals surface area contributed by atoms with E-state index in [0.717, 1.165) is 6.42 Å². The molecule has 0 saturated carbocycles. The third-order valence-electron chi connectivity index (χ3n) is 3.52. The van der Waals surface area contributed by atoms with Gasteiger partial charge in [0.15, 0.2) is 5.69 Å². The fraction of sp³-hybridized carbons (Fsp3) is 0.375. The molecule has 0 fully saturated rings. The van der Waals surface area contributed by atoms with Crippen LogP contribution in [0.4, 0.5) is 5.82 Å². The standard InChI is InChI=1S/C16H21N3O2/c1-3-21-16(20)14-15(17)19(11-18-14)10-9-12(2)13-7-5-4-6-8-13/h4-8,11-12H,3,9-10,17H2,1-2H3. The molecular formula is C16H21N3O2. The normalized spacial score (nSPS) is 12.1. The number of nitrogens with two attached hydrogens (primary N) is 1. The Bertz CT molecular complexity index is 593. The van der Waals surface area contributed by atoms with E-state index >= 15 is 0 Å². The van der Waals surface area contributed by atoms with Crippen molar-refractivity contribution in [3.05, 3.63) is 47.9 Å². The first-order chi connectivity index (χ1) is 10.1. The number of hydrogen-bond acceptors (Lipinski definition) is 4. The molecule has 1 aromatic carbocycles. The largest absolute Gasteiger partial charge is 0.461 e. The van der Waals surface area contributed by atoms with E-state index in [-0.39, 0.29) is 5.69 Å². The van der Waals surface area contributed by atoms with Crippen molar-refractivity contribution in [3.63, 3.8) is 0 Å². The zero-order valence-electron chi connectivity index (χ0n) is 12.5. The number of aromatic nitrogens is 2. The molecule has 5 nitrogen and oxygen atoms in total. The summed E-state index contributed by atoms with van der Waals surface area (Å²) in [7, 11) is 0. The number of carbonyl (C=O) groups is 1. The number of esters is 1. The van der Waals surface area contributed by atoms with E-state index in [1.54, 1.807) is 17.8 Å². The zero-order chi connectivity index (χ0) is 15.2. The highest BCUT2D eigenvalue weighted by molar-refractivity contribution is 5.92. The lowest BCUT2D eigenvalue weighted by Gasteiger charge is -2.13. The SMILES string of the molecule is CCOC(=O)c1ncn(CCC(C)c2ccccc2)c1N. The van der Waals surface area contributed by atoms with Gasteiger partial charge in [-0.25, -0.2) is 9.78 Å². The number of nitrogen functional groups attached to an aromatic ring is 1. The van der Waals surface area contributed by atoms with Gasteiger partial charge in [-0.15, -0.1) is 0 Å². The molecule has 0 aliphatic carbocycles.